The molecule has 1 aromatic carbocycles. The smallest absolute Gasteiger partial charge is 0.254 e. The Morgan fingerprint density at radius 2 is 1.94 bits per heavy atom. The Bertz CT molecular complexity index is 531. The van der Waals surface area contributed by atoms with E-state index in [1.165, 1.54) is 0 Å². The molecular weight excluding hydrogens is 226 g/mol. The average molecular weight is 243 g/mol. The van der Waals surface area contributed by atoms with Crippen LogP contribution in [0.5, 0.6) is 0 Å². The van der Waals surface area contributed by atoms with E-state index in [0.717, 1.165) is 16.9 Å². The van der Waals surface area contributed by atoms with Crippen LogP contribution in [0, 0.1) is 6.92 Å². The standard InChI is InChI=1S/C15H17NO2/c1-11-7-4-5-8-13(11)15(17)16(3)12(2)14-9-6-10-18-14/h4-10,12H,1-3H3. The number of carbonyl (C=O) groups is 1. The largest absolute Gasteiger partial charge is 0.467 e. The quantitative estimate of drug-likeness (QED) is 0.827. The number of hydrogen-bond acceptors (Lipinski definition) is 2. The first-order valence-electron chi connectivity index (χ1n) is 5.97. The summed E-state index contributed by atoms with van der Waals surface area (Å²) in [4.78, 5) is 14.1. The van der Waals surface area contributed by atoms with Gasteiger partial charge in [-0.25, -0.2) is 0 Å². The van der Waals surface area contributed by atoms with Crippen LogP contribution in [0.4, 0.5) is 0 Å². The SMILES string of the molecule is Cc1ccccc1C(=O)N(C)C(C)c1ccco1. The summed E-state index contributed by atoms with van der Waals surface area (Å²) in [7, 11) is 1.79. The molecule has 1 atom stereocenters. The van der Waals surface area contributed by atoms with E-state index in [1.54, 1.807) is 18.2 Å². The van der Waals surface area contributed by atoms with Gasteiger partial charge in [0.1, 0.15) is 5.76 Å². The van der Waals surface area contributed by atoms with E-state index in [-0.39, 0.29) is 11.9 Å². The summed E-state index contributed by atoms with van der Waals surface area (Å²) in [5.74, 6) is 0.802. The van der Waals surface area contributed by atoms with Crippen LogP contribution in [-0.4, -0.2) is 17.9 Å². The fourth-order valence-corrected chi connectivity index (χ4v) is 1.90. The first kappa shape index (κ1) is 12.4. The topological polar surface area (TPSA) is 33.5 Å². The van der Waals surface area contributed by atoms with Crippen LogP contribution in [0.15, 0.2) is 47.1 Å². The zero-order valence-corrected chi connectivity index (χ0v) is 10.9. The Labute approximate surface area is 107 Å². The summed E-state index contributed by atoms with van der Waals surface area (Å²) >= 11 is 0. The summed E-state index contributed by atoms with van der Waals surface area (Å²) in [6.45, 7) is 3.90. The van der Waals surface area contributed by atoms with E-state index in [4.69, 9.17) is 4.42 Å². The van der Waals surface area contributed by atoms with Crippen molar-refractivity contribution >= 4 is 5.91 Å². The van der Waals surface area contributed by atoms with Gasteiger partial charge in [-0.1, -0.05) is 18.2 Å². The van der Waals surface area contributed by atoms with Gasteiger partial charge in [-0.15, -0.1) is 0 Å². The van der Waals surface area contributed by atoms with Gasteiger partial charge < -0.3 is 9.32 Å². The molecule has 18 heavy (non-hydrogen) atoms. The maximum Gasteiger partial charge on any atom is 0.254 e. The lowest BCUT2D eigenvalue weighted by Gasteiger charge is -2.24. The van der Waals surface area contributed by atoms with Crippen molar-refractivity contribution in [3.63, 3.8) is 0 Å². The van der Waals surface area contributed by atoms with Crippen LogP contribution in [-0.2, 0) is 0 Å². The average Bonchev–Trinajstić information content (AvgIpc) is 2.90. The maximum absolute atomic E-state index is 12.4. The third-order valence-corrected chi connectivity index (χ3v) is 3.23. The Morgan fingerprint density at radius 1 is 1.22 bits per heavy atom. The second-order valence-corrected chi connectivity index (χ2v) is 4.42. The molecule has 0 spiro atoms. The van der Waals surface area contributed by atoms with Gasteiger partial charge in [-0.2, -0.15) is 0 Å². The van der Waals surface area contributed by atoms with Crippen molar-refractivity contribution in [2.45, 2.75) is 19.9 Å². The van der Waals surface area contributed by atoms with Crippen LogP contribution in [0.1, 0.15) is 34.6 Å². The highest BCUT2D eigenvalue weighted by Gasteiger charge is 2.21. The molecule has 94 valence electrons. The van der Waals surface area contributed by atoms with Gasteiger partial charge in [0.15, 0.2) is 0 Å². The Balaban J connectivity index is 2.22. The fraction of sp³-hybridized carbons (Fsp3) is 0.267. The third-order valence-electron chi connectivity index (χ3n) is 3.23. The molecule has 0 radical (unpaired) electrons. The number of hydrogen-bond donors (Lipinski definition) is 0. The summed E-state index contributed by atoms with van der Waals surface area (Å²) in [6, 6.07) is 11.2. The monoisotopic (exact) mass is 243 g/mol. The van der Waals surface area contributed by atoms with E-state index in [9.17, 15) is 4.79 Å². The molecule has 0 N–H and O–H groups in total. The molecule has 0 bridgehead atoms. The minimum Gasteiger partial charge on any atom is -0.467 e. The van der Waals surface area contributed by atoms with Crippen molar-refractivity contribution in [1.82, 2.24) is 4.90 Å². The molecule has 2 rings (SSSR count). The van der Waals surface area contributed by atoms with E-state index in [2.05, 4.69) is 0 Å². The molecular formula is C15H17NO2. The van der Waals surface area contributed by atoms with E-state index < -0.39 is 0 Å². The van der Waals surface area contributed by atoms with E-state index in [1.807, 2.05) is 50.2 Å². The number of benzene rings is 1. The summed E-state index contributed by atoms with van der Waals surface area (Å²) in [5, 5.41) is 0. The predicted octanol–water partition coefficient (Wildman–Crippen LogP) is 3.42. The molecule has 1 heterocycles. The van der Waals surface area contributed by atoms with Crippen molar-refractivity contribution in [3.05, 3.63) is 59.5 Å². The molecule has 0 saturated heterocycles. The molecule has 3 heteroatoms. The van der Waals surface area contributed by atoms with Crippen LogP contribution >= 0.6 is 0 Å². The number of nitrogens with zero attached hydrogens (tertiary/aromatic N) is 1. The normalized spacial score (nSPS) is 12.2. The van der Waals surface area contributed by atoms with Crippen molar-refractivity contribution in [2.24, 2.45) is 0 Å². The van der Waals surface area contributed by atoms with Crippen LogP contribution in [0.2, 0.25) is 0 Å². The molecule has 1 amide bonds. The van der Waals surface area contributed by atoms with Crippen LogP contribution in [0.3, 0.4) is 0 Å². The van der Waals surface area contributed by atoms with Gasteiger partial charge in [0.05, 0.1) is 12.3 Å². The summed E-state index contributed by atoms with van der Waals surface area (Å²) in [6.07, 6.45) is 1.62. The van der Waals surface area contributed by atoms with E-state index in [0.29, 0.717) is 0 Å². The molecule has 3 nitrogen and oxygen atoms in total. The highest BCUT2D eigenvalue weighted by atomic mass is 16.3. The van der Waals surface area contributed by atoms with Gasteiger partial charge >= 0.3 is 0 Å². The molecule has 0 saturated carbocycles. The van der Waals surface area contributed by atoms with Gasteiger partial charge in [-0.3, -0.25) is 4.79 Å². The highest BCUT2D eigenvalue weighted by molar-refractivity contribution is 5.95. The first-order valence-corrected chi connectivity index (χ1v) is 5.97. The predicted molar refractivity (Wildman–Crippen MR) is 70.4 cm³/mol. The molecule has 1 unspecified atom stereocenters. The third kappa shape index (κ3) is 2.30. The van der Waals surface area contributed by atoms with Crippen molar-refractivity contribution in [3.8, 4) is 0 Å². The molecule has 0 aliphatic heterocycles. The van der Waals surface area contributed by atoms with E-state index >= 15 is 0 Å². The molecule has 0 fully saturated rings. The van der Waals surface area contributed by atoms with Gasteiger partial charge in [0.2, 0.25) is 0 Å². The van der Waals surface area contributed by atoms with Crippen molar-refractivity contribution < 1.29 is 9.21 Å². The van der Waals surface area contributed by atoms with Gasteiger partial charge in [0, 0.05) is 12.6 Å². The number of aryl methyl sites for hydroxylation is 1. The number of furan rings is 1. The fourth-order valence-electron chi connectivity index (χ4n) is 1.90. The molecule has 1 aromatic heterocycles. The van der Waals surface area contributed by atoms with Gasteiger partial charge in [-0.05, 0) is 37.6 Å². The lowest BCUT2D eigenvalue weighted by molar-refractivity contribution is 0.0725. The second-order valence-electron chi connectivity index (χ2n) is 4.42. The Hall–Kier alpha value is -2.03. The maximum atomic E-state index is 12.4. The van der Waals surface area contributed by atoms with Crippen molar-refractivity contribution in [1.29, 1.82) is 0 Å². The summed E-state index contributed by atoms with van der Waals surface area (Å²) < 4.78 is 5.34. The number of rotatable bonds is 3. The van der Waals surface area contributed by atoms with Crippen LogP contribution < -0.4 is 0 Å². The first-order chi connectivity index (χ1) is 8.61. The Morgan fingerprint density at radius 3 is 2.56 bits per heavy atom. The number of amides is 1. The lowest BCUT2D eigenvalue weighted by Crippen LogP contribution is -2.29. The second kappa shape index (κ2) is 5.08. The zero-order valence-electron chi connectivity index (χ0n) is 10.9. The van der Waals surface area contributed by atoms with Gasteiger partial charge in [0.25, 0.3) is 5.91 Å². The lowest BCUT2D eigenvalue weighted by atomic mass is 10.1. The molecule has 0 aliphatic rings. The molecule has 2 aromatic rings. The highest BCUT2D eigenvalue weighted by Crippen LogP contribution is 2.21. The van der Waals surface area contributed by atoms with Crippen molar-refractivity contribution in [2.75, 3.05) is 7.05 Å². The van der Waals surface area contributed by atoms with Crippen LogP contribution in [0.25, 0.3) is 0 Å². The Kier molecular flexibility index (Phi) is 3.51. The molecule has 0 aliphatic carbocycles. The number of carbonyl (C=O) groups excluding carboxylic acids is 1. The minimum absolute atomic E-state index is 0.0111. The zero-order chi connectivity index (χ0) is 13.1. The summed E-state index contributed by atoms with van der Waals surface area (Å²) in [5.41, 5.74) is 1.72. The minimum atomic E-state index is -0.0768.